The molecule has 88 valence electrons. The average molecular weight is 268 g/mol. The van der Waals surface area contributed by atoms with Crippen LogP contribution in [0.2, 0.25) is 10.3 Å². The summed E-state index contributed by atoms with van der Waals surface area (Å²) in [5.74, 6) is 0.527. The third-order valence-corrected chi connectivity index (χ3v) is 3.10. The van der Waals surface area contributed by atoms with E-state index >= 15 is 0 Å². The van der Waals surface area contributed by atoms with Crippen molar-refractivity contribution in [1.29, 1.82) is 0 Å². The zero-order valence-corrected chi connectivity index (χ0v) is 11.3. The molecule has 0 aliphatic heterocycles. The van der Waals surface area contributed by atoms with E-state index in [0.717, 1.165) is 17.0 Å². The second-order valence-corrected chi connectivity index (χ2v) is 4.61. The third kappa shape index (κ3) is 2.56. The van der Waals surface area contributed by atoms with Crippen LogP contribution in [0.3, 0.4) is 0 Å². The first-order chi connectivity index (χ1) is 7.97. The Hall–Kier alpha value is -1.19. The van der Waals surface area contributed by atoms with Crippen molar-refractivity contribution in [3.05, 3.63) is 39.4 Å². The van der Waals surface area contributed by atoms with Gasteiger partial charge in [0.1, 0.15) is 10.3 Å². The summed E-state index contributed by atoms with van der Waals surface area (Å²) in [6.07, 6.45) is 0. The second kappa shape index (κ2) is 4.59. The Kier molecular flexibility index (Phi) is 3.31. The van der Waals surface area contributed by atoms with Gasteiger partial charge in [0, 0.05) is 22.5 Å². The topological polar surface area (TPSA) is 38.7 Å². The maximum Gasteiger partial charge on any atom is 0.162 e. The van der Waals surface area contributed by atoms with Gasteiger partial charge < -0.3 is 0 Å². The van der Waals surface area contributed by atoms with Gasteiger partial charge in [-0.05, 0) is 32.9 Å². The van der Waals surface area contributed by atoms with Gasteiger partial charge in [0.05, 0.1) is 0 Å². The van der Waals surface area contributed by atoms with Crippen molar-refractivity contribution < 1.29 is 0 Å². The van der Waals surface area contributed by atoms with E-state index in [4.69, 9.17) is 23.2 Å². The quantitative estimate of drug-likeness (QED) is 0.739. The maximum atomic E-state index is 6.00. The maximum absolute atomic E-state index is 6.00. The number of pyridine rings is 1. The first-order valence-electron chi connectivity index (χ1n) is 5.12. The van der Waals surface area contributed by atoms with Gasteiger partial charge in [-0.15, -0.1) is 0 Å². The molecule has 0 saturated carbocycles. The van der Waals surface area contributed by atoms with Crippen LogP contribution in [0.25, 0.3) is 11.4 Å². The predicted octanol–water partition coefficient (Wildman–Crippen LogP) is 3.77. The fourth-order valence-corrected chi connectivity index (χ4v) is 1.94. The van der Waals surface area contributed by atoms with Gasteiger partial charge in [0.15, 0.2) is 5.82 Å². The van der Waals surface area contributed by atoms with Gasteiger partial charge in [-0.25, -0.2) is 9.97 Å². The molecule has 0 unspecified atom stereocenters. The molecule has 0 aliphatic carbocycles. The highest BCUT2D eigenvalue weighted by Crippen LogP contribution is 2.25. The summed E-state index contributed by atoms with van der Waals surface area (Å²) in [7, 11) is 0. The standard InChI is InChI=1S/C12H11Cl2N3/c1-6-4-9(5-7(2)15-6)12-16-10(13)8(3)11(14)17-12/h4-5H,1-3H3. The van der Waals surface area contributed by atoms with Gasteiger partial charge in [-0.1, -0.05) is 23.2 Å². The van der Waals surface area contributed by atoms with E-state index in [1.54, 1.807) is 6.92 Å². The van der Waals surface area contributed by atoms with E-state index in [2.05, 4.69) is 15.0 Å². The lowest BCUT2D eigenvalue weighted by Crippen LogP contribution is -1.96. The summed E-state index contributed by atoms with van der Waals surface area (Å²) in [5, 5.41) is 0.763. The van der Waals surface area contributed by atoms with Crippen LogP contribution in [-0.4, -0.2) is 15.0 Å². The lowest BCUT2D eigenvalue weighted by Gasteiger charge is -2.06. The summed E-state index contributed by atoms with van der Waals surface area (Å²) >= 11 is 12.0. The predicted molar refractivity (Wildman–Crippen MR) is 69.5 cm³/mol. The molecule has 0 fully saturated rings. The number of halogens is 2. The van der Waals surface area contributed by atoms with Crippen molar-refractivity contribution in [1.82, 2.24) is 15.0 Å². The lowest BCUT2D eigenvalue weighted by atomic mass is 10.2. The molecule has 2 aromatic rings. The van der Waals surface area contributed by atoms with Crippen molar-refractivity contribution in [3.8, 4) is 11.4 Å². The molecule has 0 atom stereocenters. The molecule has 3 nitrogen and oxygen atoms in total. The SMILES string of the molecule is Cc1cc(-c2nc(Cl)c(C)c(Cl)n2)cc(C)n1. The van der Waals surface area contributed by atoms with Crippen molar-refractivity contribution >= 4 is 23.2 Å². The molecule has 0 aliphatic rings. The molecule has 2 rings (SSSR count). The molecule has 0 saturated heterocycles. The molecule has 0 bridgehead atoms. The van der Waals surface area contributed by atoms with Gasteiger partial charge >= 0.3 is 0 Å². The zero-order valence-electron chi connectivity index (χ0n) is 9.75. The Morgan fingerprint density at radius 2 is 1.29 bits per heavy atom. The monoisotopic (exact) mass is 267 g/mol. The number of hydrogen-bond donors (Lipinski definition) is 0. The number of rotatable bonds is 1. The molecule has 2 aromatic heterocycles. The molecular weight excluding hydrogens is 257 g/mol. The molecule has 2 heterocycles. The minimum Gasteiger partial charge on any atom is -0.258 e. The molecule has 5 heteroatoms. The van der Waals surface area contributed by atoms with Crippen molar-refractivity contribution in [2.75, 3.05) is 0 Å². The van der Waals surface area contributed by atoms with E-state index in [-0.39, 0.29) is 0 Å². The Morgan fingerprint density at radius 3 is 1.76 bits per heavy atom. The number of aromatic nitrogens is 3. The molecule has 17 heavy (non-hydrogen) atoms. The number of aryl methyl sites for hydroxylation is 2. The summed E-state index contributed by atoms with van der Waals surface area (Å²) in [6.45, 7) is 5.64. The van der Waals surface area contributed by atoms with Gasteiger partial charge in [0.2, 0.25) is 0 Å². The van der Waals surface area contributed by atoms with Crippen LogP contribution in [0, 0.1) is 20.8 Å². The molecule has 0 N–H and O–H groups in total. The molecule has 0 spiro atoms. The van der Waals surface area contributed by atoms with E-state index < -0.39 is 0 Å². The Bertz CT molecular complexity index is 539. The van der Waals surface area contributed by atoms with Gasteiger partial charge in [-0.2, -0.15) is 0 Å². The zero-order chi connectivity index (χ0) is 12.6. The Morgan fingerprint density at radius 1 is 0.824 bits per heavy atom. The second-order valence-electron chi connectivity index (χ2n) is 3.89. The van der Waals surface area contributed by atoms with Crippen LogP contribution in [0.15, 0.2) is 12.1 Å². The van der Waals surface area contributed by atoms with Gasteiger partial charge in [-0.3, -0.25) is 4.98 Å². The van der Waals surface area contributed by atoms with E-state index in [1.165, 1.54) is 0 Å². The molecule has 0 radical (unpaired) electrons. The van der Waals surface area contributed by atoms with Crippen LogP contribution >= 0.6 is 23.2 Å². The summed E-state index contributed by atoms with van der Waals surface area (Å²) < 4.78 is 0. The molecule has 0 aromatic carbocycles. The van der Waals surface area contributed by atoms with Crippen LogP contribution in [0.1, 0.15) is 17.0 Å². The first kappa shape index (κ1) is 12.3. The Labute approximate surface area is 110 Å². The highest BCUT2D eigenvalue weighted by Gasteiger charge is 2.10. The summed E-state index contributed by atoms with van der Waals surface area (Å²) in [6, 6.07) is 3.81. The minimum atomic E-state index is 0.382. The summed E-state index contributed by atoms with van der Waals surface area (Å²) in [5.41, 5.74) is 3.39. The van der Waals surface area contributed by atoms with Crippen LogP contribution in [-0.2, 0) is 0 Å². The van der Waals surface area contributed by atoms with Crippen LogP contribution in [0.4, 0.5) is 0 Å². The van der Waals surface area contributed by atoms with E-state index in [1.807, 2.05) is 26.0 Å². The van der Waals surface area contributed by atoms with E-state index in [0.29, 0.717) is 21.7 Å². The fraction of sp³-hybridized carbons (Fsp3) is 0.250. The smallest absolute Gasteiger partial charge is 0.162 e. The normalized spacial score (nSPS) is 10.6. The molecular formula is C12H11Cl2N3. The minimum absolute atomic E-state index is 0.382. The first-order valence-corrected chi connectivity index (χ1v) is 5.88. The van der Waals surface area contributed by atoms with Crippen LogP contribution < -0.4 is 0 Å². The Balaban J connectivity index is 2.60. The van der Waals surface area contributed by atoms with E-state index in [9.17, 15) is 0 Å². The lowest BCUT2D eigenvalue weighted by molar-refractivity contribution is 1.09. The highest BCUT2D eigenvalue weighted by molar-refractivity contribution is 6.34. The molecule has 0 amide bonds. The number of hydrogen-bond acceptors (Lipinski definition) is 3. The van der Waals surface area contributed by atoms with Gasteiger partial charge in [0.25, 0.3) is 0 Å². The van der Waals surface area contributed by atoms with Crippen molar-refractivity contribution in [3.63, 3.8) is 0 Å². The fourth-order valence-electron chi connectivity index (χ4n) is 1.56. The number of nitrogens with zero attached hydrogens (tertiary/aromatic N) is 3. The summed E-state index contributed by atoms with van der Waals surface area (Å²) in [4.78, 5) is 12.8. The van der Waals surface area contributed by atoms with Crippen molar-refractivity contribution in [2.24, 2.45) is 0 Å². The average Bonchev–Trinajstić information content (AvgIpc) is 2.23. The highest BCUT2D eigenvalue weighted by atomic mass is 35.5. The largest absolute Gasteiger partial charge is 0.258 e. The van der Waals surface area contributed by atoms with Crippen molar-refractivity contribution in [2.45, 2.75) is 20.8 Å². The third-order valence-electron chi connectivity index (χ3n) is 2.37. The van der Waals surface area contributed by atoms with Crippen LogP contribution in [0.5, 0.6) is 0 Å².